The first-order chi connectivity index (χ1) is 14.7. The Labute approximate surface area is 184 Å². The van der Waals surface area contributed by atoms with Crippen LogP contribution in [0, 0.1) is 0 Å². The smallest absolute Gasteiger partial charge is 0.416 e. The molecule has 0 spiro atoms. The number of esters is 1. The molecule has 10 heteroatoms. The molecule has 0 fully saturated rings. The van der Waals surface area contributed by atoms with Gasteiger partial charge in [0.2, 0.25) is 5.91 Å². The van der Waals surface area contributed by atoms with Crippen LogP contribution in [0.25, 0.3) is 0 Å². The van der Waals surface area contributed by atoms with E-state index < -0.39 is 23.6 Å². The summed E-state index contributed by atoms with van der Waals surface area (Å²) in [5, 5.41) is 1.81. The van der Waals surface area contributed by atoms with Crippen LogP contribution in [0.3, 0.4) is 0 Å². The van der Waals surface area contributed by atoms with E-state index >= 15 is 0 Å². The molecule has 0 N–H and O–H groups in total. The van der Waals surface area contributed by atoms with E-state index in [1.807, 2.05) is 6.07 Å². The Morgan fingerprint density at radius 3 is 2.74 bits per heavy atom. The number of nitrogens with zero attached hydrogens (tertiary/aromatic N) is 2. The topological polar surface area (TPSA) is 59.5 Å². The molecule has 1 aliphatic carbocycles. The summed E-state index contributed by atoms with van der Waals surface area (Å²) in [5.74, 6) is -0.916. The van der Waals surface area contributed by atoms with Crippen molar-refractivity contribution in [1.29, 1.82) is 0 Å². The number of aryl methyl sites for hydroxylation is 2. The van der Waals surface area contributed by atoms with Crippen molar-refractivity contribution in [2.75, 3.05) is 4.90 Å². The van der Waals surface area contributed by atoms with E-state index in [0.29, 0.717) is 10.6 Å². The molecule has 2 heterocycles. The zero-order chi connectivity index (χ0) is 22.2. The van der Waals surface area contributed by atoms with E-state index in [9.17, 15) is 22.8 Å². The van der Waals surface area contributed by atoms with Crippen molar-refractivity contribution in [3.8, 4) is 0 Å². The molecule has 5 nitrogen and oxygen atoms in total. The molecule has 0 aliphatic heterocycles. The molecule has 162 valence electrons. The van der Waals surface area contributed by atoms with Gasteiger partial charge in [0.15, 0.2) is 5.13 Å². The number of anilines is 2. The quantitative estimate of drug-likeness (QED) is 0.449. The zero-order valence-corrected chi connectivity index (χ0v) is 18.0. The average molecular weight is 467 g/mol. The van der Waals surface area contributed by atoms with Crippen LogP contribution in [0.2, 0.25) is 0 Å². The molecule has 1 amide bonds. The number of carbonyl (C=O) groups is 2. The summed E-state index contributed by atoms with van der Waals surface area (Å²) in [4.78, 5) is 31.6. The molecular formula is C21H17F3N2O3S2. The standard InChI is InChI=1S/C21H17F3N2O3S2/c1-12(27)26(16-6-3-5-14(9-16)21(22,23)24)20-25-15(11-30-20)10-29-19(28)18-8-13-4-2-7-17(13)31-18/h3,5-6,8-9,11H,2,4,7,10H2,1H3. The minimum absolute atomic E-state index is 0.0633. The molecular weight excluding hydrogens is 449 g/mol. The molecule has 0 bridgehead atoms. The third-order valence-electron chi connectivity index (χ3n) is 4.78. The number of amides is 1. The number of aromatic nitrogens is 1. The Balaban J connectivity index is 1.48. The molecule has 0 unspecified atom stereocenters. The lowest BCUT2D eigenvalue weighted by molar-refractivity contribution is -0.137. The van der Waals surface area contributed by atoms with Gasteiger partial charge in [-0.25, -0.2) is 9.78 Å². The fourth-order valence-electron chi connectivity index (χ4n) is 3.35. The van der Waals surface area contributed by atoms with Gasteiger partial charge in [0.1, 0.15) is 11.5 Å². The lowest BCUT2D eigenvalue weighted by Gasteiger charge is -2.19. The Kier molecular flexibility index (Phi) is 5.85. The highest BCUT2D eigenvalue weighted by molar-refractivity contribution is 7.14. The highest BCUT2D eigenvalue weighted by atomic mass is 32.1. The third-order valence-corrected chi connectivity index (χ3v) is 6.87. The minimum Gasteiger partial charge on any atom is -0.455 e. The summed E-state index contributed by atoms with van der Waals surface area (Å²) in [6.07, 6.45) is -1.45. The van der Waals surface area contributed by atoms with Gasteiger partial charge in [-0.1, -0.05) is 6.07 Å². The number of halogens is 3. The van der Waals surface area contributed by atoms with Crippen LogP contribution < -0.4 is 4.90 Å². The SMILES string of the molecule is CC(=O)N(c1cccc(C(F)(F)F)c1)c1nc(COC(=O)c2cc3c(s2)CCC3)cs1. The maximum Gasteiger partial charge on any atom is 0.416 e. The number of carbonyl (C=O) groups excluding carboxylic acids is 2. The lowest BCUT2D eigenvalue weighted by atomic mass is 10.2. The average Bonchev–Trinajstić information content (AvgIpc) is 3.42. The predicted octanol–water partition coefficient (Wildman–Crippen LogP) is 5.75. The summed E-state index contributed by atoms with van der Waals surface area (Å²) in [6, 6.07) is 6.36. The summed E-state index contributed by atoms with van der Waals surface area (Å²) >= 11 is 2.53. The van der Waals surface area contributed by atoms with E-state index in [1.165, 1.54) is 40.8 Å². The van der Waals surface area contributed by atoms with Gasteiger partial charge in [-0.15, -0.1) is 22.7 Å². The van der Waals surface area contributed by atoms with Crippen LogP contribution in [0.5, 0.6) is 0 Å². The van der Waals surface area contributed by atoms with E-state index in [-0.39, 0.29) is 17.4 Å². The number of thiazole rings is 1. The van der Waals surface area contributed by atoms with E-state index in [1.54, 1.807) is 5.38 Å². The van der Waals surface area contributed by atoms with Crippen molar-refractivity contribution in [3.63, 3.8) is 0 Å². The molecule has 3 aromatic rings. The highest BCUT2D eigenvalue weighted by Crippen LogP contribution is 2.35. The molecule has 31 heavy (non-hydrogen) atoms. The van der Waals surface area contributed by atoms with Crippen molar-refractivity contribution in [1.82, 2.24) is 4.98 Å². The molecule has 0 saturated carbocycles. The molecule has 2 aromatic heterocycles. The number of thiophene rings is 1. The van der Waals surface area contributed by atoms with Gasteiger partial charge in [0.25, 0.3) is 0 Å². The second-order valence-corrected chi connectivity index (χ2v) is 8.99. The highest BCUT2D eigenvalue weighted by Gasteiger charge is 2.31. The van der Waals surface area contributed by atoms with Crippen molar-refractivity contribution in [3.05, 3.63) is 62.3 Å². The fraction of sp³-hybridized carbons (Fsp3) is 0.286. The van der Waals surface area contributed by atoms with Gasteiger partial charge >= 0.3 is 12.1 Å². The monoisotopic (exact) mass is 466 g/mol. The second kappa shape index (κ2) is 8.43. The number of hydrogen-bond donors (Lipinski definition) is 0. The number of ether oxygens (including phenoxy) is 1. The van der Waals surface area contributed by atoms with Crippen LogP contribution in [0.1, 0.15) is 44.7 Å². The summed E-state index contributed by atoms with van der Waals surface area (Å²) in [7, 11) is 0. The number of rotatable bonds is 5. The summed E-state index contributed by atoms with van der Waals surface area (Å²) < 4.78 is 44.5. The van der Waals surface area contributed by atoms with Crippen LogP contribution in [0.15, 0.2) is 35.7 Å². The molecule has 0 radical (unpaired) electrons. The van der Waals surface area contributed by atoms with E-state index in [0.717, 1.165) is 47.6 Å². The molecule has 0 saturated heterocycles. The predicted molar refractivity (Wildman–Crippen MR) is 112 cm³/mol. The van der Waals surface area contributed by atoms with E-state index in [2.05, 4.69) is 4.98 Å². The normalized spacial score (nSPS) is 13.2. The van der Waals surface area contributed by atoms with Gasteiger partial charge in [-0.05, 0) is 49.1 Å². The Hall–Kier alpha value is -2.72. The number of hydrogen-bond acceptors (Lipinski definition) is 6. The van der Waals surface area contributed by atoms with Crippen LogP contribution >= 0.6 is 22.7 Å². The second-order valence-electron chi connectivity index (χ2n) is 7.01. The maximum atomic E-state index is 13.0. The number of benzene rings is 1. The van der Waals surface area contributed by atoms with E-state index in [4.69, 9.17) is 4.74 Å². The first kappa shape index (κ1) is 21.5. The molecule has 0 atom stereocenters. The lowest BCUT2D eigenvalue weighted by Crippen LogP contribution is -2.23. The summed E-state index contributed by atoms with van der Waals surface area (Å²) in [5.41, 5.74) is 0.819. The van der Waals surface area contributed by atoms with Gasteiger partial charge in [0.05, 0.1) is 16.9 Å². The van der Waals surface area contributed by atoms with Crippen molar-refractivity contribution >= 4 is 45.4 Å². The molecule has 1 aliphatic rings. The van der Waals surface area contributed by atoms with Crippen LogP contribution in [-0.2, 0) is 35.2 Å². The minimum atomic E-state index is -4.53. The van der Waals surface area contributed by atoms with Crippen LogP contribution in [0.4, 0.5) is 24.0 Å². The largest absolute Gasteiger partial charge is 0.455 e. The van der Waals surface area contributed by atoms with Crippen molar-refractivity contribution in [2.24, 2.45) is 0 Å². The number of alkyl halides is 3. The van der Waals surface area contributed by atoms with Gasteiger partial charge in [-0.2, -0.15) is 13.2 Å². The van der Waals surface area contributed by atoms with Crippen molar-refractivity contribution < 1.29 is 27.5 Å². The Morgan fingerprint density at radius 1 is 1.23 bits per heavy atom. The number of fused-ring (bicyclic) bond motifs is 1. The maximum absolute atomic E-state index is 13.0. The first-order valence-corrected chi connectivity index (χ1v) is 11.1. The Bertz CT molecular complexity index is 1120. The summed E-state index contributed by atoms with van der Waals surface area (Å²) in [6.45, 7) is 1.16. The van der Waals surface area contributed by atoms with Crippen molar-refractivity contribution in [2.45, 2.75) is 39.0 Å². The molecule has 1 aromatic carbocycles. The molecule has 4 rings (SSSR count). The van der Waals surface area contributed by atoms with Gasteiger partial charge in [-0.3, -0.25) is 9.69 Å². The Morgan fingerprint density at radius 2 is 2.03 bits per heavy atom. The fourth-order valence-corrected chi connectivity index (χ4v) is 5.37. The van der Waals surface area contributed by atoms with Gasteiger partial charge < -0.3 is 4.74 Å². The first-order valence-electron chi connectivity index (χ1n) is 9.43. The van der Waals surface area contributed by atoms with Crippen LogP contribution in [-0.4, -0.2) is 16.9 Å². The van der Waals surface area contributed by atoms with Gasteiger partial charge in [0, 0.05) is 17.2 Å². The third kappa shape index (κ3) is 4.64. The zero-order valence-electron chi connectivity index (χ0n) is 16.4.